The van der Waals surface area contributed by atoms with Crippen LogP contribution in [-0.4, -0.2) is 53.8 Å². The van der Waals surface area contributed by atoms with Crippen molar-refractivity contribution in [3.63, 3.8) is 0 Å². The van der Waals surface area contributed by atoms with E-state index in [4.69, 9.17) is 9.26 Å². The van der Waals surface area contributed by atoms with Gasteiger partial charge in [-0.2, -0.15) is 4.98 Å². The van der Waals surface area contributed by atoms with Crippen LogP contribution in [0.5, 0.6) is 0 Å². The van der Waals surface area contributed by atoms with Gasteiger partial charge in [-0.25, -0.2) is 0 Å². The van der Waals surface area contributed by atoms with Crippen molar-refractivity contribution in [3.05, 3.63) is 11.7 Å². The van der Waals surface area contributed by atoms with Gasteiger partial charge in [-0.1, -0.05) is 19.0 Å². The lowest BCUT2D eigenvalue weighted by molar-refractivity contribution is -0.138. The van der Waals surface area contributed by atoms with E-state index in [-0.39, 0.29) is 5.91 Å². The lowest BCUT2D eigenvalue weighted by atomic mass is 10.1. The first-order valence-corrected chi connectivity index (χ1v) is 6.95. The van der Waals surface area contributed by atoms with E-state index < -0.39 is 6.10 Å². The monoisotopic (exact) mass is 282 g/mol. The zero-order valence-electron chi connectivity index (χ0n) is 12.3. The number of aromatic nitrogens is 2. The summed E-state index contributed by atoms with van der Waals surface area (Å²) in [5.41, 5.74) is 0. The fourth-order valence-electron chi connectivity index (χ4n) is 2.15. The van der Waals surface area contributed by atoms with Crippen molar-refractivity contribution in [2.75, 3.05) is 26.7 Å². The molecule has 112 valence electrons. The van der Waals surface area contributed by atoms with Gasteiger partial charge >= 0.3 is 0 Å². The molecule has 7 heteroatoms. The normalized spacial score (nSPS) is 20.3. The first-order valence-electron chi connectivity index (χ1n) is 6.95. The molecule has 0 aliphatic carbocycles. The van der Waals surface area contributed by atoms with E-state index in [0.29, 0.717) is 37.3 Å². The van der Waals surface area contributed by atoms with Crippen molar-refractivity contribution in [2.24, 2.45) is 5.92 Å². The maximum absolute atomic E-state index is 11.6. The molecule has 2 rings (SSSR count). The molecule has 1 amide bonds. The fraction of sp³-hybridized carbons (Fsp3) is 0.769. The highest BCUT2D eigenvalue weighted by Crippen LogP contribution is 2.10. The second-order valence-corrected chi connectivity index (χ2v) is 5.41. The third kappa shape index (κ3) is 4.01. The predicted octanol–water partition coefficient (Wildman–Crippen LogP) is 0.215. The number of carbonyl (C=O) groups is 1. The van der Waals surface area contributed by atoms with Crippen LogP contribution in [-0.2, 0) is 22.5 Å². The van der Waals surface area contributed by atoms with Crippen LogP contribution in [0.2, 0.25) is 0 Å². The van der Waals surface area contributed by atoms with E-state index >= 15 is 0 Å². The van der Waals surface area contributed by atoms with Gasteiger partial charge in [0.15, 0.2) is 5.82 Å². The SMILES string of the molecule is CNC(=O)[C@@H]1CN(Cc2noc(CC(C)C)n2)CCO1. The van der Waals surface area contributed by atoms with Crippen molar-refractivity contribution < 1.29 is 14.1 Å². The van der Waals surface area contributed by atoms with Crippen LogP contribution in [0.15, 0.2) is 4.52 Å². The van der Waals surface area contributed by atoms with E-state index in [9.17, 15) is 4.79 Å². The highest BCUT2D eigenvalue weighted by molar-refractivity contribution is 5.80. The maximum atomic E-state index is 11.6. The second kappa shape index (κ2) is 6.81. The Hall–Kier alpha value is -1.47. The molecule has 0 aromatic carbocycles. The summed E-state index contributed by atoms with van der Waals surface area (Å²) in [7, 11) is 1.61. The van der Waals surface area contributed by atoms with E-state index in [1.807, 2.05) is 0 Å². The molecule has 1 aliphatic rings. The average Bonchev–Trinajstić information content (AvgIpc) is 2.84. The number of morpholine rings is 1. The first kappa shape index (κ1) is 14.9. The Labute approximate surface area is 118 Å². The fourth-order valence-corrected chi connectivity index (χ4v) is 2.15. The predicted molar refractivity (Wildman–Crippen MR) is 71.9 cm³/mol. The number of ether oxygens (including phenoxy) is 1. The van der Waals surface area contributed by atoms with Gasteiger partial charge in [0.2, 0.25) is 11.8 Å². The molecule has 1 N–H and O–H groups in total. The molecular weight excluding hydrogens is 260 g/mol. The summed E-state index contributed by atoms with van der Waals surface area (Å²) in [6.07, 6.45) is 0.368. The van der Waals surface area contributed by atoms with Crippen LogP contribution in [0.4, 0.5) is 0 Å². The number of likely N-dealkylation sites (N-methyl/N-ethyl adjacent to an activating group) is 1. The molecule has 0 spiro atoms. The van der Waals surface area contributed by atoms with E-state index in [1.54, 1.807) is 7.05 Å². The zero-order chi connectivity index (χ0) is 14.5. The van der Waals surface area contributed by atoms with Gasteiger partial charge in [0.1, 0.15) is 6.10 Å². The van der Waals surface area contributed by atoms with Crippen molar-refractivity contribution >= 4 is 5.91 Å². The first-order chi connectivity index (χ1) is 9.58. The van der Waals surface area contributed by atoms with Crippen molar-refractivity contribution in [2.45, 2.75) is 32.9 Å². The lowest BCUT2D eigenvalue weighted by Gasteiger charge is -2.30. The Morgan fingerprint density at radius 3 is 3.05 bits per heavy atom. The van der Waals surface area contributed by atoms with Gasteiger partial charge in [0, 0.05) is 26.6 Å². The van der Waals surface area contributed by atoms with Crippen LogP contribution < -0.4 is 5.32 Å². The number of hydrogen-bond acceptors (Lipinski definition) is 6. The Morgan fingerprint density at radius 2 is 2.35 bits per heavy atom. The molecule has 1 aromatic rings. The summed E-state index contributed by atoms with van der Waals surface area (Å²) in [6, 6.07) is 0. The van der Waals surface area contributed by atoms with Crippen LogP contribution in [0.1, 0.15) is 25.6 Å². The zero-order valence-corrected chi connectivity index (χ0v) is 12.3. The largest absolute Gasteiger partial charge is 0.366 e. The van der Waals surface area contributed by atoms with Gasteiger partial charge in [-0.05, 0) is 5.92 Å². The second-order valence-electron chi connectivity index (χ2n) is 5.41. The smallest absolute Gasteiger partial charge is 0.250 e. The minimum atomic E-state index is -0.421. The highest BCUT2D eigenvalue weighted by atomic mass is 16.5. The summed E-state index contributed by atoms with van der Waals surface area (Å²) in [5.74, 6) is 1.73. The third-order valence-electron chi connectivity index (χ3n) is 3.15. The topological polar surface area (TPSA) is 80.5 Å². The van der Waals surface area contributed by atoms with E-state index in [1.165, 1.54) is 0 Å². The van der Waals surface area contributed by atoms with E-state index in [0.717, 1.165) is 13.0 Å². The molecule has 1 aromatic heterocycles. The van der Waals surface area contributed by atoms with E-state index in [2.05, 4.69) is 34.2 Å². The molecule has 1 fully saturated rings. The molecular formula is C13H22N4O3. The average molecular weight is 282 g/mol. The summed E-state index contributed by atoms with van der Waals surface area (Å²) in [5, 5.41) is 6.59. The van der Waals surface area contributed by atoms with Crippen molar-refractivity contribution in [1.29, 1.82) is 0 Å². The Morgan fingerprint density at radius 1 is 1.55 bits per heavy atom. The number of rotatable bonds is 5. The van der Waals surface area contributed by atoms with Crippen molar-refractivity contribution in [1.82, 2.24) is 20.4 Å². The van der Waals surface area contributed by atoms with Gasteiger partial charge in [-0.3, -0.25) is 9.69 Å². The molecule has 1 saturated heterocycles. The minimum Gasteiger partial charge on any atom is -0.366 e. The standard InChI is InChI=1S/C13H22N4O3/c1-9(2)6-12-15-11(16-20-12)8-17-4-5-19-10(7-17)13(18)14-3/h9-10H,4-8H2,1-3H3,(H,14,18)/t10-/m0/s1. The quantitative estimate of drug-likeness (QED) is 0.832. The number of hydrogen-bond donors (Lipinski definition) is 1. The van der Waals surface area contributed by atoms with Crippen LogP contribution in [0.3, 0.4) is 0 Å². The molecule has 0 saturated carbocycles. The van der Waals surface area contributed by atoms with Gasteiger partial charge in [0.05, 0.1) is 13.2 Å². The third-order valence-corrected chi connectivity index (χ3v) is 3.15. The van der Waals surface area contributed by atoms with Crippen LogP contribution >= 0.6 is 0 Å². The van der Waals surface area contributed by atoms with Crippen LogP contribution in [0, 0.1) is 5.92 Å². The Kier molecular flexibility index (Phi) is 5.08. The number of nitrogens with zero attached hydrogens (tertiary/aromatic N) is 3. The molecule has 2 heterocycles. The number of nitrogens with one attached hydrogen (secondary N) is 1. The van der Waals surface area contributed by atoms with Gasteiger partial charge in [0.25, 0.3) is 0 Å². The molecule has 0 unspecified atom stereocenters. The molecule has 0 radical (unpaired) electrons. The van der Waals surface area contributed by atoms with Crippen molar-refractivity contribution in [3.8, 4) is 0 Å². The highest BCUT2D eigenvalue weighted by Gasteiger charge is 2.26. The van der Waals surface area contributed by atoms with Crippen LogP contribution in [0.25, 0.3) is 0 Å². The molecule has 20 heavy (non-hydrogen) atoms. The summed E-state index contributed by atoms with van der Waals surface area (Å²) >= 11 is 0. The summed E-state index contributed by atoms with van der Waals surface area (Å²) < 4.78 is 10.7. The molecule has 1 aliphatic heterocycles. The molecule has 0 bridgehead atoms. The van der Waals surface area contributed by atoms with Gasteiger partial charge < -0.3 is 14.6 Å². The minimum absolute atomic E-state index is 0.0942. The summed E-state index contributed by atoms with van der Waals surface area (Å²) in [4.78, 5) is 18.1. The van der Waals surface area contributed by atoms with Gasteiger partial charge in [-0.15, -0.1) is 0 Å². The summed E-state index contributed by atoms with van der Waals surface area (Å²) in [6.45, 7) is 6.65. The molecule has 1 atom stereocenters. The Bertz CT molecular complexity index is 447. The maximum Gasteiger partial charge on any atom is 0.250 e. The number of carbonyl (C=O) groups excluding carboxylic acids is 1. The molecule has 7 nitrogen and oxygen atoms in total. The number of amides is 1. The Balaban J connectivity index is 1.89. The lowest BCUT2D eigenvalue weighted by Crippen LogP contribution is -2.48.